The number of rotatable bonds is 5. The van der Waals surface area contributed by atoms with Crippen LogP contribution in [0.4, 0.5) is 0 Å². The van der Waals surface area contributed by atoms with Crippen LogP contribution in [0.2, 0.25) is 0 Å². The van der Waals surface area contributed by atoms with E-state index in [9.17, 15) is 13.8 Å². The molecule has 1 aliphatic carbocycles. The van der Waals surface area contributed by atoms with Crippen LogP contribution in [0.25, 0.3) is 0 Å². The lowest BCUT2D eigenvalue weighted by molar-refractivity contribution is -0.137. The van der Waals surface area contributed by atoms with Crippen LogP contribution in [0.5, 0.6) is 0 Å². The standard InChI is InChI=1S/C7H11NO4S/c9-6(8-3-7(10)11)4-13(12)5-1-2-5/h5H,1-4H2,(H,8,9)(H,10,11). The molecule has 2 N–H and O–H groups in total. The second kappa shape index (κ2) is 4.36. The molecule has 0 radical (unpaired) electrons. The molecule has 1 unspecified atom stereocenters. The van der Waals surface area contributed by atoms with Crippen molar-refractivity contribution in [3.05, 3.63) is 0 Å². The molecule has 1 saturated carbocycles. The molecule has 0 aromatic carbocycles. The minimum Gasteiger partial charge on any atom is -0.480 e. The summed E-state index contributed by atoms with van der Waals surface area (Å²) in [5.41, 5.74) is 0. The minimum absolute atomic E-state index is 0.0715. The molecule has 13 heavy (non-hydrogen) atoms. The Morgan fingerprint density at radius 2 is 2.08 bits per heavy atom. The quantitative estimate of drug-likeness (QED) is 0.609. The highest BCUT2D eigenvalue weighted by molar-refractivity contribution is 7.86. The fourth-order valence-electron chi connectivity index (χ4n) is 0.803. The number of hydrogen-bond donors (Lipinski definition) is 2. The smallest absolute Gasteiger partial charge is 0.322 e. The molecule has 1 rings (SSSR count). The van der Waals surface area contributed by atoms with Crippen LogP contribution in [0, 0.1) is 0 Å². The van der Waals surface area contributed by atoms with Crippen molar-refractivity contribution >= 4 is 22.7 Å². The first-order valence-electron chi connectivity index (χ1n) is 3.95. The molecule has 1 atom stereocenters. The van der Waals surface area contributed by atoms with E-state index in [2.05, 4.69) is 5.32 Å². The van der Waals surface area contributed by atoms with Crippen LogP contribution in [-0.2, 0) is 20.4 Å². The van der Waals surface area contributed by atoms with Gasteiger partial charge in [-0.15, -0.1) is 0 Å². The first kappa shape index (κ1) is 10.2. The molecule has 1 aliphatic rings. The molecule has 0 heterocycles. The van der Waals surface area contributed by atoms with Crippen LogP contribution in [0.3, 0.4) is 0 Å². The summed E-state index contributed by atoms with van der Waals surface area (Å²) in [6.45, 7) is -0.402. The molecule has 5 nitrogen and oxygen atoms in total. The number of aliphatic carboxylic acids is 1. The number of nitrogens with one attached hydrogen (secondary N) is 1. The van der Waals surface area contributed by atoms with Crippen molar-refractivity contribution in [2.75, 3.05) is 12.3 Å². The van der Waals surface area contributed by atoms with Gasteiger partial charge < -0.3 is 10.4 Å². The van der Waals surface area contributed by atoms with Crippen LogP contribution in [0.15, 0.2) is 0 Å². The third-order valence-electron chi connectivity index (χ3n) is 1.61. The fourth-order valence-corrected chi connectivity index (χ4v) is 2.06. The molecule has 0 spiro atoms. The summed E-state index contributed by atoms with van der Waals surface area (Å²) in [6, 6.07) is 0. The molecule has 1 fully saturated rings. The van der Waals surface area contributed by atoms with Crippen LogP contribution in [-0.4, -0.2) is 38.7 Å². The fraction of sp³-hybridized carbons (Fsp3) is 0.714. The second-order valence-electron chi connectivity index (χ2n) is 2.89. The lowest BCUT2D eigenvalue weighted by Crippen LogP contribution is -2.33. The average molecular weight is 205 g/mol. The summed E-state index contributed by atoms with van der Waals surface area (Å²) in [6.07, 6.45) is 1.83. The molecule has 1 amide bonds. The van der Waals surface area contributed by atoms with E-state index < -0.39 is 29.2 Å². The first-order valence-corrected chi connectivity index (χ1v) is 5.33. The summed E-state index contributed by atoms with van der Waals surface area (Å²) >= 11 is 0. The van der Waals surface area contributed by atoms with Crippen molar-refractivity contribution in [3.8, 4) is 0 Å². The summed E-state index contributed by atoms with van der Waals surface area (Å²) in [4.78, 5) is 21.0. The van der Waals surface area contributed by atoms with Crippen molar-refractivity contribution < 1.29 is 18.9 Å². The zero-order valence-corrected chi connectivity index (χ0v) is 7.80. The van der Waals surface area contributed by atoms with Gasteiger partial charge in [-0.05, 0) is 12.8 Å². The molecule has 0 aliphatic heterocycles. The Balaban J connectivity index is 2.16. The number of amides is 1. The number of carboxylic acid groups (broad SMARTS) is 1. The monoisotopic (exact) mass is 205 g/mol. The maximum absolute atomic E-state index is 11.2. The minimum atomic E-state index is -1.11. The third-order valence-corrected chi connectivity index (χ3v) is 3.37. The highest BCUT2D eigenvalue weighted by atomic mass is 32.2. The van der Waals surface area contributed by atoms with E-state index in [-0.39, 0.29) is 11.0 Å². The molecule has 0 aromatic heterocycles. The van der Waals surface area contributed by atoms with Gasteiger partial charge in [0.2, 0.25) is 5.91 Å². The van der Waals surface area contributed by atoms with Crippen molar-refractivity contribution in [1.82, 2.24) is 5.32 Å². The zero-order chi connectivity index (χ0) is 9.84. The van der Waals surface area contributed by atoms with E-state index in [0.29, 0.717) is 0 Å². The lowest BCUT2D eigenvalue weighted by atomic mass is 10.6. The van der Waals surface area contributed by atoms with Gasteiger partial charge in [0.05, 0.1) is 0 Å². The Bertz CT molecular complexity index is 249. The van der Waals surface area contributed by atoms with E-state index in [1.807, 2.05) is 0 Å². The molecule has 74 valence electrons. The first-order chi connectivity index (χ1) is 6.09. The van der Waals surface area contributed by atoms with Gasteiger partial charge in [0.15, 0.2) is 0 Å². The maximum Gasteiger partial charge on any atom is 0.322 e. The zero-order valence-electron chi connectivity index (χ0n) is 6.99. The third kappa shape index (κ3) is 4.02. The summed E-state index contributed by atoms with van der Waals surface area (Å²) in [5, 5.41) is 10.6. The average Bonchev–Trinajstić information content (AvgIpc) is 2.82. The van der Waals surface area contributed by atoms with Crippen molar-refractivity contribution in [2.45, 2.75) is 18.1 Å². The Morgan fingerprint density at radius 1 is 1.46 bits per heavy atom. The number of carboxylic acids is 1. The number of hydrogen-bond acceptors (Lipinski definition) is 3. The van der Waals surface area contributed by atoms with Gasteiger partial charge in [0.1, 0.15) is 12.3 Å². The lowest BCUT2D eigenvalue weighted by Gasteiger charge is -2.00. The van der Waals surface area contributed by atoms with Crippen molar-refractivity contribution in [2.24, 2.45) is 0 Å². The van der Waals surface area contributed by atoms with Crippen LogP contribution in [0.1, 0.15) is 12.8 Å². The van der Waals surface area contributed by atoms with Crippen LogP contribution >= 0.6 is 0 Å². The van der Waals surface area contributed by atoms with Gasteiger partial charge in [-0.3, -0.25) is 13.8 Å². The summed E-state index contributed by atoms with van der Waals surface area (Å²) in [7, 11) is -1.11. The van der Waals surface area contributed by atoms with Crippen molar-refractivity contribution in [3.63, 3.8) is 0 Å². The van der Waals surface area contributed by atoms with Gasteiger partial charge in [0, 0.05) is 16.0 Å². The Kier molecular flexibility index (Phi) is 3.41. The van der Waals surface area contributed by atoms with E-state index >= 15 is 0 Å². The molecule has 0 bridgehead atoms. The van der Waals surface area contributed by atoms with E-state index in [1.165, 1.54) is 0 Å². The highest BCUT2D eigenvalue weighted by Crippen LogP contribution is 2.25. The number of carbonyl (C=O) groups is 2. The maximum atomic E-state index is 11.2. The van der Waals surface area contributed by atoms with Gasteiger partial charge >= 0.3 is 5.97 Å². The Hall–Kier alpha value is -0.910. The van der Waals surface area contributed by atoms with E-state index in [0.717, 1.165) is 12.8 Å². The van der Waals surface area contributed by atoms with Gasteiger partial charge in [-0.2, -0.15) is 0 Å². The molecular weight excluding hydrogens is 194 g/mol. The molecular formula is C7H11NO4S. The SMILES string of the molecule is O=C(O)CNC(=O)CS(=O)C1CC1. The molecule has 0 saturated heterocycles. The highest BCUT2D eigenvalue weighted by Gasteiger charge is 2.29. The van der Waals surface area contributed by atoms with Crippen molar-refractivity contribution in [1.29, 1.82) is 0 Å². The topological polar surface area (TPSA) is 83.5 Å². The predicted molar refractivity (Wildman–Crippen MR) is 46.7 cm³/mol. The van der Waals surface area contributed by atoms with E-state index in [1.54, 1.807) is 0 Å². The largest absolute Gasteiger partial charge is 0.480 e. The Labute approximate surface area is 78.0 Å². The van der Waals surface area contributed by atoms with Crippen LogP contribution < -0.4 is 5.32 Å². The van der Waals surface area contributed by atoms with Gasteiger partial charge in [-0.1, -0.05) is 0 Å². The second-order valence-corrected chi connectivity index (χ2v) is 4.61. The molecule has 0 aromatic rings. The van der Waals surface area contributed by atoms with Gasteiger partial charge in [-0.25, -0.2) is 0 Å². The Morgan fingerprint density at radius 3 is 2.54 bits per heavy atom. The summed E-state index contributed by atoms with van der Waals surface area (Å²) in [5.74, 6) is -1.61. The molecule has 6 heteroatoms. The normalized spacial score (nSPS) is 17.8. The predicted octanol–water partition coefficient (Wildman–Crippen LogP) is -0.902. The van der Waals surface area contributed by atoms with Gasteiger partial charge in [0.25, 0.3) is 0 Å². The number of carbonyl (C=O) groups excluding carboxylic acids is 1. The van der Waals surface area contributed by atoms with E-state index in [4.69, 9.17) is 5.11 Å². The summed E-state index contributed by atoms with van der Waals surface area (Å²) < 4.78 is 11.2.